The van der Waals surface area contributed by atoms with Gasteiger partial charge in [0.1, 0.15) is 5.78 Å². The van der Waals surface area contributed by atoms with Crippen molar-refractivity contribution < 1.29 is 4.79 Å². The maximum absolute atomic E-state index is 11.7. The lowest BCUT2D eigenvalue weighted by Gasteiger charge is -2.12. The summed E-state index contributed by atoms with van der Waals surface area (Å²) in [4.78, 5) is 17.3. The van der Waals surface area contributed by atoms with Crippen molar-refractivity contribution in [2.45, 2.75) is 36.3 Å². The van der Waals surface area contributed by atoms with Crippen molar-refractivity contribution in [1.29, 1.82) is 0 Å². The molecule has 0 radical (unpaired) electrons. The number of benzene rings is 1. The molecule has 1 saturated carbocycles. The highest BCUT2D eigenvalue weighted by atomic mass is 32.2. The topological polar surface area (TPSA) is 30.0 Å². The van der Waals surface area contributed by atoms with E-state index in [0.29, 0.717) is 5.78 Å². The van der Waals surface area contributed by atoms with Gasteiger partial charge in [0, 0.05) is 16.5 Å². The first-order valence-electron chi connectivity index (χ1n) is 6.16. The Hall–Kier alpha value is -1.35. The summed E-state index contributed by atoms with van der Waals surface area (Å²) in [6.07, 6.45) is 3.83. The van der Waals surface area contributed by atoms with Gasteiger partial charge in [0.05, 0.1) is 10.3 Å². The number of hydrogen-bond donors (Lipinski definition) is 0. The Morgan fingerprint density at radius 3 is 2.78 bits per heavy atom. The van der Waals surface area contributed by atoms with Crippen molar-refractivity contribution in [2.75, 3.05) is 0 Å². The molecule has 1 aliphatic carbocycles. The molecule has 1 aliphatic rings. The van der Waals surface area contributed by atoms with Crippen molar-refractivity contribution in [3.63, 3.8) is 0 Å². The Balaban J connectivity index is 2.07. The first kappa shape index (κ1) is 11.7. The van der Waals surface area contributed by atoms with Crippen LogP contribution in [0.4, 0.5) is 0 Å². The normalized spacial score (nSPS) is 16.8. The fourth-order valence-electron chi connectivity index (χ4n) is 2.17. The zero-order valence-electron chi connectivity index (χ0n) is 10.6. The van der Waals surface area contributed by atoms with E-state index < -0.39 is 0 Å². The molecule has 0 spiro atoms. The number of carbonyl (C=O) groups excluding carboxylic acids is 1. The molecular weight excluding hydrogens is 242 g/mol. The lowest BCUT2D eigenvalue weighted by Crippen LogP contribution is -2.14. The van der Waals surface area contributed by atoms with Gasteiger partial charge in [-0.05, 0) is 44.9 Å². The molecule has 0 unspecified atom stereocenters. The van der Waals surface area contributed by atoms with E-state index in [1.54, 1.807) is 18.7 Å². The first-order valence-corrected chi connectivity index (χ1v) is 6.98. The Morgan fingerprint density at radius 2 is 2.11 bits per heavy atom. The second-order valence-corrected chi connectivity index (χ2v) is 6.41. The van der Waals surface area contributed by atoms with E-state index in [2.05, 4.69) is 24.0 Å². The van der Waals surface area contributed by atoms with Gasteiger partial charge in [0.2, 0.25) is 0 Å². The summed E-state index contributed by atoms with van der Waals surface area (Å²) in [5.41, 5.74) is 2.23. The Bertz CT molecular complexity index is 631. The SMILES string of the molecule is CC(=O)C1(Sc2ccnc3ccc(C)cc23)CC1. The third-order valence-electron chi connectivity index (χ3n) is 3.51. The van der Waals surface area contributed by atoms with Crippen LogP contribution in [0.3, 0.4) is 0 Å². The van der Waals surface area contributed by atoms with Crippen molar-refractivity contribution >= 4 is 28.4 Å². The minimum Gasteiger partial charge on any atom is -0.298 e. The van der Waals surface area contributed by atoms with Gasteiger partial charge in [0.15, 0.2) is 0 Å². The molecule has 18 heavy (non-hydrogen) atoms. The first-order chi connectivity index (χ1) is 8.61. The number of thioether (sulfide) groups is 1. The number of nitrogens with zero attached hydrogens (tertiary/aromatic N) is 1. The molecule has 1 fully saturated rings. The van der Waals surface area contributed by atoms with E-state index in [0.717, 1.165) is 23.7 Å². The second kappa shape index (κ2) is 4.09. The van der Waals surface area contributed by atoms with Crippen LogP contribution in [-0.4, -0.2) is 15.5 Å². The third-order valence-corrected chi connectivity index (χ3v) is 5.17. The largest absolute Gasteiger partial charge is 0.298 e. The molecule has 3 rings (SSSR count). The quantitative estimate of drug-likeness (QED) is 0.838. The van der Waals surface area contributed by atoms with E-state index in [9.17, 15) is 4.79 Å². The molecule has 0 atom stereocenters. The highest BCUT2D eigenvalue weighted by Gasteiger charge is 2.48. The van der Waals surface area contributed by atoms with Crippen LogP contribution < -0.4 is 0 Å². The average Bonchev–Trinajstić information content (AvgIpc) is 3.11. The number of rotatable bonds is 3. The Morgan fingerprint density at radius 1 is 1.33 bits per heavy atom. The summed E-state index contributed by atoms with van der Waals surface area (Å²) < 4.78 is -0.155. The molecule has 0 saturated heterocycles. The van der Waals surface area contributed by atoms with Gasteiger partial charge in [-0.1, -0.05) is 11.6 Å². The predicted molar refractivity (Wildman–Crippen MR) is 75.0 cm³/mol. The summed E-state index contributed by atoms with van der Waals surface area (Å²) in [6, 6.07) is 8.29. The van der Waals surface area contributed by atoms with Crippen LogP contribution in [0, 0.1) is 6.92 Å². The van der Waals surface area contributed by atoms with Crippen LogP contribution in [0.15, 0.2) is 35.4 Å². The number of Topliss-reactive ketones (excluding diaryl/α,β-unsaturated/α-hetero) is 1. The van der Waals surface area contributed by atoms with Crippen LogP contribution in [-0.2, 0) is 4.79 Å². The van der Waals surface area contributed by atoms with Gasteiger partial charge in [-0.25, -0.2) is 0 Å². The molecule has 2 aromatic rings. The summed E-state index contributed by atoms with van der Waals surface area (Å²) in [7, 11) is 0. The highest BCUT2D eigenvalue weighted by Crippen LogP contribution is 2.53. The monoisotopic (exact) mass is 257 g/mol. The molecule has 0 N–H and O–H groups in total. The van der Waals surface area contributed by atoms with E-state index in [4.69, 9.17) is 0 Å². The zero-order valence-corrected chi connectivity index (χ0v) is 11.4. The third kappa shape index (κ3) is 1.93. The van der Waals surface area contributed by atoms with E-state index >= 15 is 0 Å². The summed E-state index contributed by atoms with van der Waals surface area (Å²) >= 11 is 1.71. The molecule has 0 bridgehead atoms. The number of carbonyl (C=O) groups is 1. The Labute approximate surface area is 111 Å². The van der Waals surface area contributed by atoms with Gasteiger partial charge in [-0.15, -0.1) is 11.8 Å². The standard InChI is InChI=1S/C15H15NOS/c1-10-3-4-13-12(9-10)14(5-8-16-13)18-15(6-7-15)11(2)17/h3-5,8-9H,6-7H2,1-2H3. The number of hydrogen-bond acceptors (Lipinski definition) is 3. The second-order valence-electron chi connectivity index (χ2n) is 4.98. The van der Waals surface area contributed by atoms with E-state index in [-0.39, 0.29) is 4.75 Å². The highest BCUT2D eigenvalue weighted by molar-refractivity contribution is 8.02. The molecule has 1 aromatic carbocycles. The number of aryl methyl sites for hydroxylation is 1. The average molecular weight is 257 g/mol. The number of pyridine rings is 1. The van der Waals surface area contributed by atoms with Gasteiger partial charge < -0.3 is 0 Å². The predicted octanol–water partition coefficient (Wildman–Crippen LogP) is 3.76. The summed E-state index contributed by atoms with van der Waals surface area (Å²) in [5, 5.41) is 1.16. The number of fused-ring (bicyclic) bond motifs is 1. The maximum Gasteiger partial charge on any atom is 0.146 e. The number of ketones is 1. The van der Waals surface area contributed by atoms with Crippen LogP contribution in [0.2, 0.25) is 0 Å². The summed E-state index contributed by atoms with van der Waals surface area (Å²) in [6.45, 7) is 3.79. The van der Waals surface area contributed by atoms with Crippen molar-refractivity contribution in [3.8, 4) is 0 Å². The molecule has 1 heterocycles. The minimum atomic E-state index is -0.155. The van der Waals surface area contributed by atoms with E-state index in [1.165, 1.54) is 10.5 Å². The lowest BCUT2D eigenvalue weighted by atomic mass is 10.1. The van der Waals surface area contributed by atoms with E-state index in [1.807, 2.05) is 18.3 Å². The molecule has 2 nitrogen and oxygen atoms in total. The van der Waals surface area contributed by atoms with Gasteiger partial charge in [-0.3, -0.25) is 9.78 Å². The summed E-state index contributed by atoms with van der Waals surface area (Å²) in [5.74, 6) is 0.296. The van der Waals surface area contributed by atoms with Gasteiger partial charge in [0.25, 0.3) is 0 Å². The minimum absolute atomic E-state index is 0.155. The molecule has 0 amide bonds. The van der Waals surface area contributed by atoms with Crippen LogP contribution >= 0.6 is 11.8 Å². The molecule has 1 aromatic heterocycles. The molecule has 3 heteroatoms. The van der Waals surface area contributed by atoms with Gasteiger partial charge in [-0.2, -0.15) is 0 Å². The number of aromatic nitrogens is 1. The van der Waals surface area contributed by atoms with Gasteiger partial charge >= 0.3 is 0 Å². The molecular formula is C15H15NOS. The molecule has 92 valence electrons. The van der Waals surface area contributed by atoms with Crippen LogP contribution in [0.25, 0.3) is 10.9 Å². The van der Waals surface area contributed by atoms with Crippen LogP contribution in [0.1, 0.15) is 25.3 Å². The molecule has 0 aliphatic heterocycles. The smallest absolute Gasteiger partial charge is 0.146 e. The van der Waals surface area contributed by atoms with Crippen LogP contribution in [0.5, 0.6) is 0 Å². The fourth-order valence-corrected chi connectivity index (χ4v) is 3.45. The zero-order chi connectivity index (χ0) is 12.8. The van der Waals surface area contributed by atoms with Crippen molar-refractivity contribution in [1.82, 2.24) is 4.98 Å². The maximum atomic E-state index is 11.7. The fraction of sp³-hybridized carbons (Fsp3) is 0.333. The Kier molecular flexibility index (Phi) is 2.67. The lowest BCUT2D eigenvalue weighted by molar-refractivity contribution is -0.117. The van der Waals surface area contributed by atoms with Crippen molar-refractivity contribution in [3.05, 3.63) is 36.0 Å². The van der Waals surface area contributed by atoms with Crippen molar-refractivity contribution in [2.24, 2.45) is 0 Å².